The summed E-state index contributed by atoms with van der Waals surface area (Å²) in [5, 5.41) is 9.54. The predicted molar refractivity (Wildman–Crippen MR) is 96.4 cm³/mol. The molecule has 140 valence electrons. The number of halogens is 4. The zero-order valence-electron chi connectivity index (χ0n) is 14.0. The number of aryl methyl sites for hydroxylation is 2. The fourth-order valence-electron chi connectivity index (χ4n) is 3.41. The van der Waals surface area contributed by atoms with Gasteiger partial charge in [-0.15, -0.1) is 0 Å². The first-order valence-corrected chi connectivity index (χ1v) is 9.29. The smallest absolute Gasteiger partial charge is 0.407 e. The maximum absolute atomic E-state index is 13.4. The number of nitrogens with zero attached hydrogens (tertiary/aromatic N) is 3. The maximum Gasteiger partial charge on any atom is 0.407 e. The highest BCUT2D eigenvalue weighted by molar-refractivity contribution is 14.1. The highest BCUT2D eigenvalue weighted by Gasteiger charge is 2.34. The third-order valence-electron chi connectivity index (χ3n) is 4.61. The normalized spacial score (nSPS) is 16.7. The minimum absolute atomic E-state index is 0.214. The van der Waals surface area contributed by atoms with Crippen molar-refractivity contribution in [3.05, 3.63) is 50.4 Å². The molecule has 9 heteroatoms. The number of hydrogen-bond donors (Lipinski definition) is 1. The Morgan fingerprint density at radius 2 is 1.96 bits per heavy atom. The second kappa shape index (κ2) is 7.45. The van der Waals surface area contributed by atoms with Gasteiger partial charge >= 0.3 is 6.09 Å². The molecule has 2 heterocycles. The van der Waals surface area contributed by atoms with E-state index in [0.717, 1.165) is 33.8 Å². The molecule has 1 aliphatic rings. The molecular formula is C17H17F3IN3O2. The van der Waals surface area contributed by atoms with Crippen LogP contribution in [0.4, 0.5) is 18.0 Å². The monoisotopic (exact) mass is 479 g/mol. The Balaban J connectivity index is 1.91. The van der Waals surface area contributed by atoms with Crippen LogP contribution in [0.15, 0.2) is 12.1 Å². The third-order valence-corrected chi connectivity index (χ3v) is 5.40. The molecule has 0 radical (unpaired) electrons. The lowest BCUT2D eigenvalue weighted by atomic mass is 10.00. The number of carbonyl (C=O) groups is 1. The molecular weight excluding hydrogens is 462 g/mol. The van der Waals surface area contributed by atoms with Crippen molar-refractivity contribution >= 4 is 28.7 Å². The lowest BCUT2D eigenvalue weighted by molar-refractivity contribution is 0.106. The van der Waals surface area contributed by atoms with Gasteiger partial charge in [-0.3, -0.25) is 4.90 Å². The number of hydrogen-bond acceptors (Lipinski definition) is 2. The van der Waals surface area contributed by atoms with Crippen LogP contribution in [0.25, 0.3) is 0 Å². The van der Waals surface area contributed by atoms with E-state index >= 15 is 0 Å². The first-order chi connectivity index (χ1) is 12.3. The molecule has 0 bridgehead atoms. The Labute approximate surface area is 162 Å². The summed E-state index contributed by atoms with van der Waals surface area (Å²) >= 11 is 2.08. The minimum Gasteiger partial charge on any atom is -0.465 e. The molecule has 0 aliphatic carbocycles. The molecule has 5 nitrogen and oxygen atoms in total. The van der Waals surface area contributed by atoms with Crippen molar-refractivity contribution in [3.8, 4) is 0 Å². The van der Waals surface area contributed by atoms with Gasteiger partial charge in [-0.05, 0) is 53.1 Å². The summed E-state index contributed by atoms with van der Waals surface area (Å²) in [5.41, 5.74) is 1.09. The van der Waals surface area contributed by atoms with Gasteiger partial charge in [0, 0.05) is 19.5 Å². The van der Waals surface area contributed by atoms with Crippen molar-refractivity contribution in [1.82, 2.24) is 14.5 Å². The van der Waals surface area contributed by atoms with Crippen LogP contribution in [-0.4, -0.2) is 32.2 Å². The minimum atomic E-state index is -1.50. The summed E-state index contributed by atoms with van der Waals surface area (Å²) in [6.07, 6.45) is 0.213. The fraction of sp³-hybridized carbons (Fsp3) is 0.412. The van der Waals surface area contributed by atoms with Gasteiger partial charge in [-0.2, -0.15) is 0 Å². The number of benzene rings is 1. The van der Waals surface area contributed by atoms with Crippen molar-refractivity contribution in [3.63, 3.8) is 0 Å². The van der Waals surface area contributed by atoms with Crippen LogP contribution in [0, 0.1) is 21.2 Å². The SMILES string of the molecule is CCc1nc(I)c2n1CCN(C(=O)O)C2CCc1cc(F)c(F)c(F)c1. The Hall–Kier alpha value is -1.78. The van der Waals surface area contributed by atoms with E-state index in [9.17, 15) is 23.1 Å². The fourth-order valence-corrected chi connectivity index (χ4v) is 4.34. The van der Waals surface area contributed by atoms with Crippen molar-refractivity contribution in [2.75, 3.05) is 6.54 Å². The molecule has 26 heavy (non-hydrogen) atoms. The number of rotatable bonds is 4. The Morgan fingerprint density at radius 3 is 2.54 bits per heavy atom. The van der Waals surface area contributed by atoms with Crippen LogP contribution in [-0.2, 0) is 19.4 Å². The highest BCUT2D eigenvalue weighted by Crippen LogP contribution is 2.34. The summed E-state index contributed by atoms with van der Waals surface area (Å²) in [5.74, 6) is -3.10. The standard InChI is InChI=1S/C17H17F3IN3O2/c1-2-13-22-16(21)15-12(23(17(25)26)5-6-24(13)15)4-3-9-7-10(18)14(20)11(19)8-9/h7-8,12H,2-6H2,1H3,(H,25,26). The second-order valence-corrected chi connectivity index (χ2v) is 7.13. The molecule has 2 aromatic rings. The molecule has 0 spiro atoms. The first-order valence-electron chi connectivity index (χ1n) is 8.21. The molecule has 0 fully saturated rings. The summed E-state index contributed by atoms with van der Waals surface area (Å²) in [6, 6.07) is 1.43. The van der Waals surface area contributed by atoms with E-state index in [4.69, 9.17) is 0 Å². The van der Waals surface area contributed by atoms with Crippen molar-refractivity contribution in [2.45, 2.75) is 38.8 Å². The molecule has 1 aromatic carbocycles. The van der Waals surface area contributed by atoms with Gasteiger partial charge in [-0.1, -0.05) is 6.92 Å². The number of amides is 1. The average Bonchev–Trinajstić information content (AvgIpc) is 2.93. The van der Waals surface area contributed by atoms with E-state index in [1.165, 1.54) is 4.90 Å². The van der Waals surface area contributed by atoms with Crippen LogP contribution < -0.4 is 0 Å². The number of carboxylic acid groups (broad SMARTS) is 1. The van der Waals surface area contributed by atoms with Gasteiger partial charge in [0.05, 0.1) is 11.7 Å². The average molecular weight is 479 g/mol. The largest absolute Gasteiger partial charge is 0.465 e. The zero-order chi connectivity index (χ0) is 19.0. The molecule has 1 unspecified atom stereocenters. The zero-order valence-corrected chi connectivity index (χ0v) is 16.1. The maximum atomic E-state index is 13.4. The van der Waals surface area contributed by atoms with Gasteiger partial charge in [0.1, 0.15) is 9.53 Å². The summed E-state index contributed by atoms with van der Waals surface area (Å²) in [4.78, 5) is 17.5. The van der Waals surface area contributed by atoms with Gasteiger partial charge < -0.3 is 9.67 Å². The third kappa shape index (κ3) is 3.40. The Kier molecular flexibility index (Phi) is 5.44. The van der Waals surface area contributed by atoms with Crippen molar-refractivity contribution < 1.29 is 23.1 Å². The topological polar surface area (TPSA) is 58.4 Å². The van der Waals surface area contributed by atoms with E-state index < -0.39 is 29.6 Å². The van der Waals surface area contributed by atoms with E-state index in [0.29, 0.717) is 19.5 Å². The Bertz CT molecular complexity index is 833. The van der Waals surface area contributed by atoms with Crippen LogP contribution in [0.1, 0.15) is 36.5 Å². The Morgan fingerprint density at radius 1 is 1.31 bits per heavy atom. The van der Waals surface area contributed by atoms with Crippen LogP contribution in [0.2, 0.25) is 0 Å². The number of fused-ring (bicyclic) bond motifs is 1. The van der Waals surface area contributed by atoms with E-state index in [-0.39, 0.29) is 12.0 Å². The first kappa shape index (κ1) is 19.0. The molecule has 3 rings (SSSR count). The molecule has 1 N–H and O–H groups in total. The van der Waals surface area contributed by atoms with Crippen molar-refractivity contribution in [1.29, 1.82) is 0 Å². The predicted octanol–water partition coefficient (Wildman–Crippen LogP) is 4.13. The highest BCUT2D eigenvalue weighted by atomic mass is 127. The molecule has 0 saturated carbocycles. The second-order valence-electron chi connectivity index (χ2n) is 6.11. The number of imidazole rings is 1. The summed E-state index contributed by atoms with van der Waals surface area (Å²) < 4.78 is 42.7. The molecule has 0 saturated heterocycles. The lowest BCUT2D eigenvalue weighted by Crippen LogP contribution is -2.42. The lowest BCUT2D eigenvalue weighted by Gasteiger charge is -2.35. The van der Waals surface area contributed by atoms with Gasteiger partial charge in [0.25, 0.3) is 0 Å². The van der Waals surface area contributed by atoms with E-state index in [1.54, 1.807) is 0 Å². The summed E-state index contributed by atoms with van der Waals surface area (Å²) in [6.45, 7) is 2.82. The van der Waals surface area contributed by atoms with Crippen LogP contribution >= 0.6 is 22.6 Å². The molecule has 1 amide bonds. The van der Waals surface area contributed by atoms with Crippen LogP contribution in [0.5, 0.6) is 0 Å². The molecule has 1 aromatic heterocycles. The van der Waals surface area contributed by atoms with E-state index in [2.05, 4.69) is 27.6 Å². The van der Waals surface area contributed by atoms with Gasteiger partial charge in [0.15, 0.2) is 17.5 Å². The molecule has 1 atom stereocenters. The van der Waals surface area contributed by atoms with Gasteiger partial charge in [-0.25, -0.2) is 22.9 Å². The molecule has 1 aliphatic heterocycles. The summed E-state index contributed by atoms with van der Waals surface area (Å²) in [7, 11) is 0. The quantitative estimate of drug-likeness (QED) is 0.530. The number of aromatic nitrogens is 2. The van der Waals surface area contributed by atoms with Gasteiger partial charge in [0.2, 0.25) is 0 Å². The van der Waals surface area contributed by atoms with Crippen molar-refractivity contribution in [2.24, 2.45) is 0 Å². The van der Waals surface area contributed by atoms with Crippen LogP contribution in [0.3, 0.4) is 0 Å². The van der Waals surface area contributed by atoms with E-state index in [1.807, 2.05) is 11.5 Å².